The second-order valence-electron chi connectivity index (χ2n) is 10.2. The van der Waals surface area contributed by atoms with E-state index < -0.39 is 33.8 Å². The molecule has 0 saturated heterocycles. The van der Waals surface area contributed by atoms with Crippen LogP contribution in [0.5, 0.6) is 0 Å². The molecule has 3 N–H and O–H groups in total. The largest absolute Gasteiger partial charge is 0.481 e. The van der Waals surface area contributed by atoms with Gasteiger partial charge in [-0.15, -0.1) is 0 Å². The Labute approximate surface area is 260 Å². The molecule has 4 aromatic rings. The molecule has 0 unspecified atom stereocenters. The third-order valence-corrected chi connectivity index (χ3v) is 8.54. The zero-order valence-corrected chi connectivity index (χ0v) is 25.7. The van der Waals surface area contributed by atoms with Gasteiger partial charge in [0.25, 0.3) is 15.9 Å². The lowest BCUT2D eigenvalue weighted by atomic mass is 10.0. The molecule has 13 heteroatoms. The first-order valence-corrected chi connectivity index (χ1v) is 15.7. The van der Waals surface area contributed by atoms with Crippen LogP contribution >= 0.6 is 11.6 Å². The van der Waals surface area contributed by atoms with Crippen LogP contribution in [0.2, 0.25) is 5.02 Å². The van der Waals surface area contributed by atoms with Crippen LogP contribution in [0, 0.1) is 0 Å². The number of aliphatic carboxylic acids is 1. The monoisotopic (exact) mass is 637 g/mol. The summed E-state index contributed by atoms with van der Waals surface area (Å²) in [6, 6.07) is 17.8. The Hall–Kier alpha value is -4.55. The molecule has 1 atom stereocenters. The fraction of sp³-hybridized carbons (Fsp3) is 0.258. The average Bonchev–Trinajstić information content (AvgIpc) is 3.36. The molecular formula is C31H32ClN5O6S. The van der Waals surface area contributed by atoms with Crippen LogP contribution in [0.1, 0.15) is 54.1 Å². The standard InChI is InChI=1S/C31H32ClN5O6S/c1-3-8-25-17-28(31(41)34-24(16-30(39)40)15-21-9-4-6-11-27(21)32)35-37(25)19-23-14-13-22(18-33-23)26-10-5-7-12-29(26)44(42,43)36-20(2)38/h4-7,9-14,17-18,24H,3,8,15-16,19H2,1-2H3,(H,34,41)(H,36,38)(H,39,40)/t24-/m1/s1. The zero-order valence-electron chi connectivity index (χ0n) is 24.2. The van der Waals surface area contributed by atoms with Crippen molar-refractivity contribution in [2.24, 2.45) is 0 Å². The van der Waals surface area contributed by atoms with Gasteiger partial charge in [0.15, 0.2) is 0 Å². The van der Waals surface area contributed by atoms with Crippen molar-refractivity contribution in [2.75, 3.05) is 0 Å². The van der Waals surface area contributed by atoms with Crippen molar-refractivity contribution in [1.29, 1.82) is 0 Å². The lowest BCUT2D eigenvalue weighted by Crippen LogP contribution is -2.38. The van der Waals surface area contributed by atoms with E-state index in [1.165, 1.54) is 6.07 Å². The molecule has 2 aromatic heterocycles. The van der Waals surface area contributed by atoms with E-state index in [1.807, 2.05) is 11.6 Å². The van der Waals surface area contributed by atoms with Gasteiger partial charge in [-0.25, -0.2) is 13.1 Å². The summed E-state index contributed by atoms with van der Waals surface area (Å²) in [6.07, 6.45) is 2.94. The van der Waals surface area contributed by atoms with Gasteiger partial charge >= 0.3 is 5.97 Å². The number of carboxylic acid groups (broad SMARTS) is 1. The Bertz CT molecular complexity index is 1770. The molecule has 2 amide bonds. The van der Waals surface area contributed by atoms with Crippen LogP contribution < -0.4 is 10.0 Å². The quantitative estimate of drug-likeness (QED) is 0.196. The van der Waals surface area contributed by atoms with Crippen LogP contribution in [0.25, 0.3) is 11.1 Å². The van der Waals surface area contributed by atoms with Crippen molar-refractivity contribution in [2.45, 2.75) is 57.0 Å². The van der Waals surface area contributed by atoms with Gasteiger partial charge in [0, 0.05) is 41.0 Å². The molecule has 2 aromatic carbocycles. The summed E-state index contributed by atoms with van der Waals surface area (Å²) >= 11 is 6.26. The fourth-order valence-electron chi connectivity index (χ4n) is 4.75. The first-order chi connectivity index (χ1) is 21.0. The van der Waals surface area contributed by atoms with Gasteiger partial charge in [0.2, 0.25) is 5.91 Å². The molecule has 0 fully saturated rings. The molecule has 0 saturated carbocycles. The Balaban J connectivity index is 1.54. The van der Waals surface area contributed by atoms with Crippen molar-refractivity contribution in [3.8, 4) is 11.1 Å². The van der Waals surface area contributed by atoms with Gasteiger partial charge in [-0.3, -0.25) is 24.0 Å². The number of nitrogens with one attached hydrogen (secondary N) is 2. The smallest absolute Gasteiger partial charge is 0.305 e. The Morgan fingerprint density at radius 3 is 2.43 bits per heavy atom. The SMILES string of the molecule is CCCc1cc(C(=O)N[C@@H](CC(=O)O)Cc2ccccc2Cl)nn1Cc1ccc(-c2ccccc2S(=O)(=O)NC(C)=O)cn1. The van der Waals surface area contributed by atoms with Crippen molar-refractivity contribution in [3.05, 3.63) is 101 Å². The number of aromatic nitrogens is 3. The number of benzene rings is 2. The van der Waals surface area contributed by atoms with Crippen LogP contribution in [0.15, 0.2) is 77.8 Å². The van der Waals surface area contributed by atoms with Gasteiger partial charge in [0.1, 0.15) is 5.69 Å². The minimum Gasteiger partial charge on any atom is -0.481 e. The normalized spacial score (nSPS) is 12.0. The fourth-order valence-corrected chi connectivity index (χ4v) is 6.18. The van der Waals surface area contributed by atoms with E-state index in [1.54, 1.807) is 71.5 Å². The molecule has 230 valence electrons. The van der Waals surface area contributed by atoms with E-state index in [0.29, 0.717) is 28.3 Å². The number of aryl methyl sites for hydroxylation is 1. The van der Waals surface area contributed by atoms with Crippen LogP contribution in [0.3, 0.4) is 0 Å². The number of sulfonamides is 1. The molecule has 11 nitrogen and oxygen atoms in total. The first kappa shape index (κ1) is 32.4. The van der Waals surface area contributed by atoms with Crippen LogP contribution in [0.4, 0.5) is 0 Å². The number of hydrogen-bond donors (Lipinski definition) is 3. The number of rotatable bonds is 13. The number of nitrogens with zero attached hydrogens (tertiary/aromatic N) is 3. The highest BCUT2D eigenvalue weighted by atomic mass is 35.5. The number of carbonyl (C=O) groups is 3. The number of pyridine rings is 1. The number of hydrogen-bond acceptors (Lipinski definition) is 7. The second-order valence-corrected chi connectivity index (χ2v) is 12.2. The molecule has 0 aliphatic heterocycles. The second kappa shape index (κ2) is 14.3. The molecule has 2 heterocycles. The molecule has 0 spiro atoms. The third-order valence-electron chi connectivity index (χ3n) is 6.68. The average molecular weight is 638 g/mol. The third kappa shape index (κ3) is 8.29. The van der Waals surface area contributed by atoms with Crippen molar-refractivity contribution < 1.29 is 27.9 Å². The first-order valence-electron chi connectivity index (χ1n) is 13.9. The van der Waals surface area contributed by atoms with Crippen molar-refractivity contribution >= 4 is 39.4 Å². The molecular weight excluding hydrogens is 606 g/mol. The maximum absolute atomic E-state index is 13.2. The van der Waals surface area contributed by atoms with Crippen LogP contribution in [-0.4, -0.2) is 52.1 Å². The van der Waals surface area contributed by atoms with Gasteiger partial charge in [-0.1, -0.05) is 67.4 Å². The summed E-state index contributed by atoms with van der Waals surface area (Å²) in [6.45, 7) is 3.37. The summed E-state index contributed by atoms with van der Waals surface area (Å²) in [5, 5.41) is 17.2. The number of halogens is 1. The van der Waals surface area contributed by atoms with Crippen LogP contribution in [-0.2, 0) is 39.0 Å². The topological polar surface area (TPSA) is 160 Å². The van der Waals surface area contributed by atoms with E-state index in [4.69, 9.17) is 11.6 Å². The summed E-state index contributed by atoms with van der Waals surface area (Å²) < 4.78 is 29.1. The van der Waals surface area contributed by atoms with E-state index in [-0.39, 0.29) is 30.0 Å². The lowest BCUT2D eigenvalue weighted by Gasteiger charge is -2.17. The Morgan fingerprint density at radius 1 is 1.05 bits per heavy atom. The highest BCUT2D eigenvalue weighted by Crippen LogP contribution is 2.27. The number of amides is 2. The zero-order chi connectivity index (χ0) is 31.9. The van der Waals surface area contributed by atoms with E-state index in [0.717, 1.165) is 24.6 Å². The lowest BCUT2D eigenvalue weighted by molar-refractivity contribution is -0.137. The predicted octanol–water partition coefficient (Wildman–Crippen LogP) is 4.24. The summed E-state index contributed by atoms with van der Waals surface area (Å²) in [7, 11) is -4.07. The molecule has 44 heavy (non-hydrogen) atoms. The molecule has 0 aliphatic rings. The molecule has 0 radical (unpaired) electrons. The highest BCUT2D eigenvalue weighted by Gasteiger charge is 2.23. The minimum absolute atomic E-state index is 0.0477. The van der Waals surface area contributed by atoms with Crippen molar-refractivity contribution in [3.63, 3.8) is 0 Å². The number of carboxylic acids is 1. The van der Waals surface area contributed by atoms with Gasteiger partial charge in [0.05, 0.1) is 23.6 Å². The molecule has 4 rings (SSSR count). The summed E-state index contributed by atoms with van der Waals surface area (Å²) in [5.74, 6) is -2.24. The Kier molecular flexibility index (Phi) is 10.5. The van der Waals surface area contributed by atoms with Crippen molar-refractivity contribution in [1.82, 2.24) is 24.8 Å². The van der Waals surface area contributed by atoms with Gasteiger partial charge < -0.3 is 10.4 Å². The predicted molar refractivity (Wildman–Crippen MR) is 165 cm³/mol. The van der Waals surface area contributed by atoms with Gasteiger partial charge in [-0.2, -0.15) is 5.10 Å². The number of carbonyl (C=O) groups excluding carboxylic acids is 2. The molecule has 0 aliphatic carbocycles. The molecule has 0 bridgehead atoms. The van der Waals surface area contributed by atoms with Gasteiger partial charge in [-0.05, 0) is 42.7 Å². The maximum atomic E-state index is 13.2. The maximum Gasteiger partial charge on any atom is 0.305 e. The minimum atomic E-state index is -4.07. The highest BCUT2D eigenvalue weighted by molar-refractivity contribution is 7.90. The van der Waals surface area contributed by atoms with E-state index in [2.05, 4.69) is 15.4 Å². The summed E-state index contributed by atoms with van der Waals surface area (Å²) in [4.78, 5) is 40.6. The van der Waals surface area contributed by atoms with E-state index >= 15 is 0 Å². The summed E-state index contributed by atoms with van der Waals surface area (Å²) in [5.41, 5.74) is 3.22. The van der Waals surface area contributed by atoms with E-state index in [9.17, 15) is 27.9 Å². The Morgan fingerprint density at radius 2 is 1.77 bits per heavy atom.